The molecule has 1 atom stereocenters. The minimum Gasteiger partial charge on any atom is -0.495 e. The van der Waals surface area contributed by atoms with Crippen LogP contribution in [0.2, 0.25) is 0 Å². The van der Waals surface area contributed by atoms with E-state index in [1.807, 2.05) is 19.1 Å². The Kier molecular flexibility index (Phi) is 7.38. The van der Waals surface area contributed by atoms with E-state index in [0.717, 1.165) is 36.0 Å². The first kappa shape index (κ1) is 24.3. The Morgan fingerprint density at radius 1 is 1.20 bits per heavy atom. The Labute approximate surface area is 203 Å². The molecule has 1 aliphatic carbocycles. The van der Waals surface area contributed by atoms with Gasteiger partial charge in [0.25, 0.3) is 5.91 Å². The molecule has 0 saturated heterocycles. The lowest BCUT2D eigenvalue weighted by atomic mass is 10.1. The Morgan fingerprint density at radius 3 is 2.60 bits per heavy atom. The maximum Gasteiger partial charge on any atom is 0.251 e. The van der Waals surface area contributed by atoms with Crippen molar-refractivity contribution in [2.45, 2.75) is 58.2 Å². The van der Waals surface area contributed by atoms with Crippen LogP contribution in [0, 0.1) is 12.7 Å². The van der Waals surface area contributed by atoms with E-state index in [0.29, 0.717) is 17.0 Å². The van der Waals surface area contributed by atoms with E-state index < -0.39 is 11.9 Å². The number of amides is 2. The van der Waals surface area contributed by atoms with Gasteiger partial charge in [0.15, 0.2) is 0 Å². The number of tetrazole rings is 1. The van der Waals surface area contributed by atoms with Crippen LogP contribution in [0.4, 0.5) is 10.1 Å². The first-order valence-electron chi connectivity index (χ1n) is 11.7. The normalized spacial score (nSPS) is 14.5. The number of aromatic nitrogens is 4. The first-order valence-corrected chi connectivity index (χ1v) is 11.7. The Morgan fingerprint density at radius 2 is 1.91 bits per heavy atom. The fraction of sp³-hybridized carbons (Fsp3) is 0.400. The van der Waals surface area contributed by atoms with Crippen molar-refractivity contribution in [2.75, 3.05) is 12.0 Å². The smallest absolute Gasteiger partial charge is 0.251 e. The molecule has 2 aromatic carbocycles. The van der Waals surface area contributed by atoms with Crippen molar-refractivity contribution in [3.63, 3.8) is 0 Å². The standard InChI is InChI=1S/C25H29FN6O3/c1-16-8-13-22(35-3)21(14-16)32(17(2)25(34)27-20-6-4-5-7-20)23(33)15-31-29-24(28-30-31)18-9-11-19(26)12-10-18/h8-14,17,20H,4-7,15H2,1-3H3,(H,27,34)/t17-/m0/s1. The van der Waals surface area contributed by atoms with E-state index in [2.05, 4.69) is 20.7 Å². The van der Waals surface area contributed by atoms with Gasteiger partial charge in [-0.15, -0.1) is 10.2 Å². The summed E-state index contributed by atoms with van der Waals surface area (Å²) in [7, 11) is 1.52. The molecule has 0 unspecified atom stereocenters. The molecule has 4 rings (SSSR count). The molecule has 1 saturated carbocycles. The number of benzene rings is 2. The number of anilines is 1. The number of hydrogen-bond donors (Lipinski definition) is 1. The maximum atomic E-state index is 13.6. The van der Waals surface area contributed by atoms with Gasteiger partial charge in [-0.3, -0.25) is 14.5 Å². The van der Waals surface area contributed by atoms with Crippen molar-refractivity contribution >= 4 is 17.5 Å². The van der Waals surface area contributed by atoms with E-state index in [1.54, 1.807) is 13.0 Å². The first-order chi connectivity index (χ1) is 16.9. The fourth-order valence-corrected chi connectivity index (χ4v) is 4.28. The molecule has 1 N–H and O–H groups in total. The van der Waals surface area contributed by atoms with Crippen LogP contribution in [-0.4, -0.2) is 51.2 Å². The number of nitrogens with zero attached hydrogens (tertiary/aromatic N) is 5. The minimum atomic E-state index is -0.793. The lowest BCUT2D eigenvalue weighted by Gasteiger charge is -2.30. The summed E-state index contributed by atoms with van der Waals surface area (Å²) in [5, 5.41) is 15.3. The highest BCUT2D eigenvalue weighted by Gasteiger charge is 2.32. The second kappa shape index (κ2) is 10.6. The van der Waals surface area contributed by atoms with Crippen LogP contribution < -0.4 is 15.0 Å². The summed E-state index contributed by atoms with van der Waals surface area (Å²) in [5.74, 6) is -0.255. The second-order valence-corrected chi connectivity index (χ2v) is 8.76. The number of carbonyl (C=O) groups excluding carboxylic acids is 2. The zero-order valence-electron chi connectivity index (χ0n) is 20.1. The van der Waals surface area contributed by atoms with Gasteiger partial charge in [-0.2, -0.15) is 4.80 Å². The zero-order chi connectivity index (χ0) is 24.9. The van der Waals surface area contributed by atoms with Crippen molar-refractivity contribution in [3.05, 3.63) is 53.8 Å². The Balaban J connectivity index is 1.60. The number of carbonyl (C=O) groups is 2. The average Bonchev–Trinajstić information content (AvgIpc) is 3.52. The van der Waals surface area contributed by atoms with E-state index in [9.17, 15) is 14.0 Å². The highest BCUT2D eigenvalue weighted by Crippen LogP contribution is 2.31. The van der Waals surface area contributed by atoms with Crippen molar-refractivity contribution in [1.82, 2.24) is 25.5 Å². The zero-order valence-corrected chi connectivity index (χ0v) is 20.1. The predicted octanol–water partition coefficient (Wildman–Crippen LogP) is 3.28. The molecule has 10 heteroatoms. The molecule has 0 radical (unpaired) electrons. The summed E-state index contributed by atoms with van der Waals surface area (Å²) in [6.07, 6.45) is 4.05. The number of ether oxygens (including phenoxy) is 1. The molecule has 9 nitrogen and oxygen atoms in total. The van der Waals surface area contributed by atoms with Gasteiger partial charge < -0.3 is 10.1 Å². The third-order valence-electron chi connectivity index (χ3n) is 6.16. The van der Waals surface area contributed by atoms with E-state index in [-0.39, 0.29) is 30.1 Å². The number of methoxy groups -OCH3 is 1. The van der Waals surface area contributed by atoms with E-state index >= 15 is 0 Å². The van der Waals surface area contributed by atoms with Gasteiger partial charge in [0.05, 0.1) is 12.8 Å². The average molecular weight is 481 g/mol. The lowest BCUT2D eigenvalue weighted by molar-refractivity contribution is -0.127. The second-order valence-electron chi connectivity index (χ2n) is 8.76. The van der Waals surface area contributed by atoms with Crippen LogP contribution in [-0.2, 0) is 16.1 Å². The SMILES string of the molecule is COc1ccc(C)cc1N(C(=O)Cn1nnc(-c2ccc(F)cc2)n1)[C@@H](C)C(=O)NC1CCCC1. The van der Waals surface area contributed by atoms with Crippen LogP contribution in [0.15, 0.2) is 42.5 Å². The number of rotatable bonds is 8. The van der Waals surface area contributed by atoms with Crippen LogP contribution in [0.3, 0.4) is 0 Å². The molecule has 0 spiro atoms. The van der Waals surface area contributed by atoms with Crippen molar-refractivity contribution in [3.8, 4) is 17.1 Å². The molecule has 1 aromatic heterocycles. The van der Waals surface area contributed by atoms with E-state index in [4.69, 9.17) is 4.74 Å². The van der Waals surface area contributed by atoms with Crippen molar-refractivity contribution in [1.29, 1.82) is 0 Å². The molecule has 0 bridgehead atoms. The van der Waals surface area contributed by atoms with Gasteiger partial charge in [0.2, 0.25) is 11.7 Å². The summed E-state index contributed by atoms with van der Waals surface area (Å²) in [6, 6.07) is 10.5. The molecule has 184 valence electrons. The van der Waals surface area contributed by atoms with Gasteiger partial charge in [0, 0.05) is 11.6 Å². The molecule has 2 amide bonds. The van der Waals surface area contributed by atoms with Gasteiger partial charge in [-0.1, -0.05) is 18.9 Å². The highest BCUT2D eigenvalue weighted by atomic mass is 19.1. The highest BCUT2D eigenvalue weighted by molar-refractivity contribution is 6.01. The molecule has 35 heavy (non-hydrogen) atoms. The minimum absolute atomic E-state index is 0.122. The third kappa shape index (κ3) is 5.64. The van der Waals surface area contributed by atoms with Crippen molar-refractivity contribution in [2.24, 2.45) is 0 Å². The van der Waals surface area contributed by atoms with Gasteiger partial charge >= 0.3 is 0 Å². The molecule has 1 heterocycles. The number of halogens is 1. The van der Waals surface area contributed by atoms with Gasteiger partial charge in [-0.25, -0.2) is 4.39 Å². The third-order valence-corrected chi connectivity index (χ3v) is 6.16. The maximum absolute atomic E-state index is 13.6. The van der Waals surface area contributed by atoms with Crippen LogP contribution in [0.1, 0.15) is 38.2 Å². The summed E-state index contributed by atoms with van der Waals surface area (Å²) < 4.78 is 18.7. The van der Waals surface area contributed by atoms with E-state index in [1.165, 1.54) is 36.3 Å². The van der Waals surface area contributed by atoms with Crippen LogP contribution >= 0.6 is 0 Å². The fourth-order valence-electron chi connectivity index (χ4n) is 4.28. The number of nitrogens with one attached hydrogen (secondary N) is 1. The lowest BCUT2D eigenvalue weighted by Crippen LogP contribution is -2.51. The van der Waals surface area contributed by atoms with Gasteiger partial charge in [-0.05, 0) is 73.9 Å². The summed E-state index contributed by atoms with van der Waals surface area (Å²) >= 11 is 0. The predicted molar refractivity (Wildman–Crippen MR) is 128 cm³/mol. The molecule has 1 fully saturated rings. The molecule has 1 aliphatic rings. The van der Waals surface area contributed by atoms with Crippen LogP contribution in [0.5, 0.6) is 5.75 Å². The molecule has 3 aromatic rings. The number of aryl methyl sites for hydroxylation is 1. The largest absolute Gasteiger partial charge is 0.495 e. The molecular weight excluding hydrogens is 451 g/mol. The molecule has 0 aliphatic heterocycles. The topological polar surface area (TPSA) is 102 Å². The van der Waals surface area contributed by atoms with Crippen LogP contribution in [0.25, 0.3) is 11.4 Å². The van der Waals surface area contributed by atoms with Gasteiger partial charge in [0.1, 0.15) is 24.2 Å². The summed E-state index contributed by atoms with van der Waals surface area (Å²) in [4.78, 5) is 29.3. The number of hydrogen-bond acceptors (Lipinski definition) is 6. The van der Waals surface area contributed by atoms with Crippen molar-refractivity contribution < 1.29 is 18.7 Å². The molecular formula is C25H29FN6O3. The summed E-state index contributed by atoms with van der Waals surface area (Å²) in [6.45, 7) is 3.36. The summed E-state index contributed by atoms with van der Waals surface area (Å²) in [5.41, 5.74) is 1.98. The Hall–Kier alpha value is -3.82. The monoisotopic (exact) mass is 480 g/mol. The quantitative estimate of drug-likeness (QED) is 0.531. The Bertz CT molecular complexity index is 1190.